The molecule has 0 unspecified atom stereocenters. The first-order valence-corrected chi connectivity index (χ1v) is 25.4. The van der Waals surface area contributed by atoms with E-state index in [0.29, 0.717) is 0 Å². The van der Waals surface area contributed by atoms with Crippen LogP contribution < -0.4 is 26.0 Å². The lowest BCUT2D eigenvalue weighted by Gasteiger charge is -2.44. The molecular weight excluding hydrogens is 882 g/mol. The van der Waals surface area contributed by atoms with Gasteiger partial charge in [0.2, 0.25) is 0 Å². The first-order chi connectivity index (χ1) is 35.9. The van der Waals surface area contributed by atoms with Gasteiger partial charge in [-0.25, -0.2) is 0 Å². The summed E-state index contributed by atoms with van der Waals surface area (Å²) in [5, 5.41) is 0. The van der Waals surface area contributed by atoms with Crippen molar-refractivity contribution in [2.24, 2.45) is 0 Å². The molecule has 2 nitrogen and oxygen atoms in total. The van der Waals surface area contributed by atoms with E-state index >= 15 is 0 Å². The van der Waals surface area contributed by atoms with Crippen molar-refractivity contribution in [2.45, 2.75) is 26.2 Å². The predicted molar refractivity (Wildman–Crippen MR) is 309 cm³/mol. The second-order valence-corrected chi connectivity index (χ2v) is 20.4. The molecule has 0 aliphatic carbocycles. The summed E-state index contributed by atoms with van der Waals surface area (Å²) in [6.45, 7) is 6.73. The van der Waals surface area contributed by atoms with Crippen molar-refractivity contribution < 1.29 is 4.74 Å². The molecule has 11 aromatic rings. The van der Waals surface area contributed by atoms with Gasteiger partial charge in [0.05, 0.1) is 5.69 Å². The lowest BCUT2D eigenvalue weighted by molar-refractivity contribution is 0.483. The highest BCUT2D eigenvalue weighted by Crippen LogP contribution is 2.53. The topological polar surface area (TPSA) is 12.5 Å². The van der Waals surface area contributed by atoms with E-state index in [1.807, 2.05) is 0 Å². The Labute approximate surface area is 429 Å². The zero-order valence-electron chi connectivity index (χ0n) is 41.3. The summed E-state index contributed by atoms with van der Waals surface area (Å²) in [6, 6.07) is 95.7. The Morgan fingerprint density at radius 2 is 0.630 bits per heavy atom. The van der Waals surface area contributed by atoms with Crippen LogP contribution in [0.1, 0.15) is 26.3 Å². The molecule has 2 aliphatic heterocycles. The van der Waals surface area contributed by atoms with Crippen molar-refractivity contribution in [2.75, 3.05) is 4.90 Å². The molecular formula is C70H52BNO. The van der Waals surface area contributed by atoms with E-state index in [1.165, 1.54) is 27.6 Å². The molecule has 0 amide bonds. The zero-order valence-corrected chi connectivity index (χ0v) is 41.3. The van der Waals surface area contributed by atoms with Crippen LogP contribution in [0.5, 0.6) is 11.5 Å². The van der Waals surface area contributed by atoms with Crippen LogP contribution in [0.3, 0.4) is 0 Å². The van der Waals surface area contributed by atoms with Gasteiger partial charge in [-0.05, 0) is 143 Å². The smallest absolute Gasteiger partial charge is 0.258 e. The van der Waals surface area contributed by atoms with Crippen LogP contribution in [0, 0.1) is 0 Å². The van der Waals surface area contributed by atoms with Crippen LogP contribution in [0.15, 0.2) is 261 Å². The van der Waals surface area contributed by atoms with Crippen LogP contribution in [-0.4, -0.2) is 6.71 Å². The van der Waals surface area contributed by atoms with Gasteiger partial charge in [-0.15, -0.1) is 0 Å². The number of nitrogens with zero attached hydrogens (tertiary/aromatic N) is 1. The average Bonchev–Trinajstić information content (AvgIpc) is 3.46. The van der Waals surface area contributed by atoms with Crippen LogP contribution in [-0.2, 0) is 5.41 Å². The molecule has 13 rings (SSSR count). The third-order valence-electron chi connectivity index (χ3n) is 14.8. The molecule has 2 aliphatic rings. The molecule has 0 aromatic heterocycles. The second-order valence-electron chi connectivity index (χ2n) is 20.4. The van der Waals surface area contributed by atoms with Crippen molar-refractivity contribution in [3.8, 4) is 89.4 Å². The molecule has 0 bridgehead atoms. The average molecular weight is 934 g/mol. The molecule has 73 heavy (non-hydrogen) atoms. The maximum Gasteiger partial charge on any atom is 0.258 e. The minimum absolute atomic E-state index is 0.222. The lowest BCUT2D eigenvalue weighted by Crippen LogP contribution is -2.60. The molecule has 0 saturated heterocycles. The van der Waals surface area contributed by atoms with E-state index in [1.54, 1.807) is 0 Å². The largest absolute Gasteiger partial charge is 0.458 e. The number of fused-ring (bicyclic) bond motifs is 4. The van der Waals surface area contributed by atoms with Gasteiger partial charge in [0.25, 0.3) is 6.71 Å². The predicted octanol–water partition coefficient (Wildman–Crippen LogP) is 17.1. The van der Waals surface area contributed by atoms with Gasteiger partial charge in [0.1, 0.15) is 11.5 Å². The monoisotopic (exact) mass is 933 g/mol. The Morgan fingerprint density at radius 3 is 1.05 bits per heavy atom. The van der Waals surface area contributed by atoms with Gasteiger partial charge >= 0.3 is 0 Å². The van der Waals surface area contributed by atoms with Crippen LogP contribution in [0.25, 0.3) is 77.9 Å². The maximum absolute atomic E-state index is 7.60. The molecule has 2 heterocycles. The van der Waals surface area contributed by atoms with E-state index in [0.717, 1.165) is 101 Å². The van der Waals surface area contributed by atoms with Gasteiger partial charge < -0.3 is 9.64 Å². The van der Waals surface area contributed by atoms with E-state index in [2.05, 4.69) is 287 Å². The summed E-state index contributed by atoms with van der Waals surface area (Å²) < 4.78 is 7.60. The molecule has 0 atom stereocenters. The summed E-state index contributed by atoms with van der Waals surface area (Å²) in [4.78, 5) is 2.63. The number of anilines is 3. The third-order valence-corrected chi connectivity index (χ3v) is 14.8. The highest BCUT2D eigenvalue weighted by molar-refractivity contribution is 7.01. The van der Waals surface area contributed by atoms with Gasteiger partial charge in [-0.1, -0.05) is 233 Å². The summed E-state index contributed by atoms with van der Waals surface area (Å²) in [7, 11) is 0. The number of hydrogen-bond acceptors (Lipinski definition) is 2. The molecule has 0 spiro atoms. The SMILES string of the molecule is CC(C)(C)c1cc2c3c(c1)N(c1c(-c4ccccc4)cc(-c4ccccc4)cc1-c1ccccc1)c1cc(-c4ccccc4)cc(-c4ccccc4)c1B3c1c(cc(-c3ccccc3)cc1-c1ccccc1)O2. The molecule has 0 N–H and O–H groups in total. The Balaban J connectivity index is 1.23. The molecule has 0 fully saturated rings. The Bertz CT molecular complexity index is 3760. The summed E-state index contributed by atoms with van der Waals surface area (Å²) in [5.74, 6) is 1.76. The van der Waals surface area contributed by atoms with Gasteiger partial charge in [-0.3, -0.25) is 0 Å². The van der Waals surface area contributed by atoms with Crippen LogP contribution in [0.4, 0.5) is 17.1 Å². The second kappa shape index (κ2) is 18.0. The quantitative estimate of drug-likeness (QED) is 0.141. The number of hydrogen-bond donors (Lipinski definition) is 0. The van der Waals surface area contributed by atoms with Gasteiger partial charge in [-0.2, -0.15) is 0 Å². The van der Waals surface area contributed by atoms with Crippen molar-refractivity contribution in [1.82, 2.24) is 0 Å². The van der Waals surface area contributed by atoms with E-state index in [9.17, 15) is 0 Å². The fourth-order valence-electron chi connectivity index (χ4n) is 11.3. The number of ether oxygens (including phenoxy) is 1. The molecule has 3 heteroatoms. The van der Waals surface area contributed by atoms with Gasteiger partial charge in [0, 0.05) is 22.5 Å². The minimum atomic E-state index is -0.224. The molecule has 0 saturated carbocycles. The maximum atomic E-state index is 7.60. The first kappa shape index (κ1) is 44.1. The zero-order chi connectivity index (χ0) is 49.0. The van der Waals surface area contributed by atoms with Crippen LogP contribution in [0.2, 0.25) is 0 Å². The minimum Gasteiger partial charge on any atom is -0.458 e. The first-order valence-electron chi connectivity index (χ1n) is 25.4. The summed E-state index contributed by atoms with van der Waals surface area (Å²) in [5.41, 5.74) is 24.0. The van der Waals surface area contributed by atoms with Crippen molar-refractivity contribution in [3.05, 3.63) is 266 Å². The van der Waals surface area contributed by atoms with Crippen molar-refractivity contribution in [1.29, 1.82) is 0 Å². The highest BCUT2D eigenvalue weighted by Gasteiger charge is 2.46. The fourth-order valence-corrected chi connectivity index (χ4v) is 11.3. The molecule has 11 aromatic carbocycles. The lowest BCUT2D eigenvalue weighted by atomic mass is 9.32. The number of benzene rings is 11. The normalized spacial score (nSPS) is 12.4. The highest BCUT2D eigenvalue weighted by atomic mass is 16.5. The molecule has 0 radical (unpaired) electrons. The standard InChI is InChI=1S/C70H52BNO/c1-70(2,3)57-45-63-68-65(46-57)73-64-44-56(49-29-15-6-16-30-49)40-59(51-33-19-8-20-34-51)67(64)71(68)66-58(50-31-17-7-18-32-50)39-55(48-27-13-5-14-28-48)43-62(66)72(63)69-60(52-35-21-9-22-36-52)41-54(47-25-11-4-12-26-47)42-61(69)53-37-23-10-24-38-53/h4-46H,1-3H3. The fraction of sp³-hybridized carbons (Fsp3) is 0.0571. The molecule has 346 valence electrons. The Hall–Kier alpha value is -8.92. The summed E-state index contributed by atoms with van der Waals surface area (Å²) >= 11 is 0. The summed E-state index contributed by atoms with van der Waals surface area (Å²) in [6.07, 6.45) is 0. The Kier molecular flexibility index (Phi) is 10.9. The number of rotatable bonds is 8. The van der Waals surface area contributed by atoms with Crippen molar-refractivity contribution >= 4 is 40.2 Å². The van der Waals surface area contributed by atoms with E-state index in [-0.39, 0.29) is 12.1 Å². The van der Waals surface area contributed by atoms with E-state index in [4.69, 9.17) is 4.74 Å². The van der Waals surface area contributed by atoms with Gasteiger partial charge in [0.15, 0.2) is 0 Å². The Morgan fingerprint density at radius 1 is 0.301 bits per heavy atom. The van der Waals surface area contributed by atoms with Crippen molar-refractivity contribution in [3.63, 3.8) is 0 Å². The van der Waals surface area contributed by atoms with Crippen LogP contribution >= 0.6 is 0 Å². The van der Waals surface area contributed by atoms with E-state index < -0.39 is 0 Å². The third kappa shape index (κ3) is 7.86.